The molecular weight excluding hydrogens is 647 g/mol. The van der Waals surface area contributed by atoms with E-state index >= 15 is 0 Å². The molecule has 0 radical (unpaired) electrons. The lowest BCUT2D eigenvalue weighted by atomic mass is 9.97. The first-order valence-electron chi connectivity index (χ1n) is 16.0. The summed E-state index contributed by atoms with van der Waals surface area (Å²) < 4.78 is 82.2. The standard InChI is InChI=1S/C37H35F5N2O5/c38-31-30(32(39)34(41)35(42)33(31)40)36(47)43-17-25-4-1-2-6-28(25)22-11-13-24(14-12-22)37-48-27(18-44-15-3-5-26(44)20-46)16-29(49-37)23-9-7-21(19-45)8-10-23/h1-2,4,6-14,26-27,29,37,45-46H,3,5,15-20H2,(H,43,47)/t26-,27+,29-,37-/m0/s1. The lowest BCUT2D eigenvalue weighted by Gasteiger charge is -2.38. The van der Waals surface area contributed by atoms with E-state index in [0.717, 1.165) is 41.6 Å². The Bertz CT molecular complexity index is 1760. The van der Waals surface area contributed by atoms with E-state index in [9.17, 15) is 37.0 Å². The van der Waals surface area contributed by atoms with Gasteiger partial charge < -0.3 is 25.0 Å². The van der Waals surface area contributed by atoms with Gasteiger partial charge in [-0.3, -0.25) is 9.69 Å². The van der Waals surface area contributed by atoms with Crippen LogP contribution >= 0.6 is 0 Å². The van der Waals surface area contributed by atoms with Crippen molar-refractivity contribution in [3.8, 4) is 11.1 Å². The maximum Gasteiger partial charge on any atom is 0.257 e. The summed E-state index contributed by atoms with van der Waals surface area (Å²) >= 11 is 0. The number of likely N-dealkylation sites (tertiary alicyclic amines) is 1. The highest BCUT2D eigenvalue weighted by Gasteiger charge is 2.35. The van der Waals surface area contributed by atoms with Crippen molar-refractivity contribution in [2.75, 3.05) is 19.7 Å². The van der Waals surface area contributed by atoms with Gasteiger partial charge in [0, 0.05) is 31.1 Å². The SMILES string of the molecule is O=C(NCc1ccccc1-c1ccc([C@H]2O[C@@H](CN3CCC[C@H]3CO)C[C@@H](c3ccc(CO)cc3)O2)cc1)c1c(F)c(F)c(F)c(F)c1F. The Morgan fingerprint density at radius 2 is 1.47 bits per heavy atom. The highest BCUT2D eigenvalue weighted by molar-refractivity contribution is 5.95. The van der Waals surface area contributed by atoms with Crippen molar-refractivity contribution in [2.45, 2.75) is 57.0 Å². The van der Waals surface area contributed by atoms with Gasteiger partial charge in [-0.2, -0.15) is 0 Å². The molecule has 0 saturated carbocycles. The first-order chi connectivity index (χ1) is 23.7. The summed E-state index contributed by atoms with van der Waals surface area (Å²) in [5.41, 5.74) is 2.88. The number of rotatable bonds is 10. The maximum absolute atomic E-state index is 14.2. The fourth-order valence-corrected chi connectivity index (χ4v) is 6.48. The molecule has 2 aliphatic rings. The highest BCUT2D eigenvalue weighted by Crippen LogP contribution is 2.39. The normalized spacial score (nSPS) is 21.2. The molecule has 49 heavy (non-hydrogen) atoms. The van der Waals surface area contributed by atoms with Gasteiger partial charge in [0.25, 0.3) is 5.91 Å². The monoisotopic (exact) mass is 682 g/mol. The van der Waals surface area contributed by atoms with Gasteiger partial charge in [-0.15, -0.1) is 0 Å². The number of nitrogens with one attached hydrogen (secondary N) is 1. The van der Waals surface area contributed by atoms with Crippen LogP contribution in [0.4, 0.5) is 22.0 Å². The van der Waals surface area contributed by atoms with E-state index in [1.54, 1.807) is 24.3 Å². The van der Waals surface area contributed by atoms with Gasteiger partial charge >= 0.3 is 0 Å². The Hall–Kier alpha value is -4.20. The van der Waals surface area contributed by atoms with Gasteiger partial charge in [0.1, 0.15) is 5.56 Å². The Labute approximate surface area is 279 Å². The number of aliphatic hydroxyl groups excluding tert-OH is 2. The van der Waals surface area contributed by atoms with E-state index in [0.29, 0.717) is 24.1 Å². The third kappa shape index (κ3) is 7.38. The van der Waals surface area contributed by atoms with Crippen molar-refractivity contribution in [2.24, 2.45) is 0 Å². The quantitative estimate of drug-likeness (QED) is 0.101. The predicted octanol–water partition coefficient (Wildman–Crippen LogP) is 6.47. The zero-order valence-corrected chi connectivity index (χ0v) is 26.4. The van der Waals surface area contributed by atoms with Gasteiger partial charge in [0.15, 0.2) is 29.6 Å². The van der Waals surface area contributed by atoms with Gasteiger partial charge in [0.05, 0.1) is 25.4 Å². The molecule has 2 fully saturated rings. The smallest absolute Gasteiger partial charge is 0.257 e. The van der Waals surface area contributed by atoms with E-state index in [4.69, 9.17) is 9.47 Å². The predicted molar refractivity (Wildman–Crippen MR) is 169 cm³/mol. The van der Waals surface area contributed by atoms with Crippen LogP contribution in [0.1, 0.15) is 64.3 Å². The summed E-state index contributed by atoms with van der Waals surface area (Å²) in [5.74, 6) is -12.6. The van der Waals surface area contributed by atoms with Crippen molar-refractivity contribution in [3.05, 3.63) is 130 Å². The minimum Gasteiger partial charge on any atom is -0.395 e. The fraction of sp³-hybridized carbons (Fsp3) is 0.324. The van der Waals surface area contributed by atoms with Crippen molar-refractivity contribution in [3.63, 3.8) is 0 Å². The molecule has 4 aromatic carbocycles. The highest BCUT2D eigenvalue weighted by atomic mass is 19.2. The van der Waals surface area contributed by atoms with Gasteiger partial charge in [-0.25, -0.2) is 22.0 Å². The Balaban J connectivity index is 1.20. The summed E-state index contributed by atoms with van der Waals surface area (Å²) in [6.45, 7) is 1.28. The van der Waals surface area contributed by atoms with Crippen LogP contribution in [0, 0.1) is 29.1 Å². The second kappa shape index (κ2) is 15.1. The largest absolute Gasteiger partial charge is 0.395 e. The van der Waals surface area contributed by atoms with Crippen molar-refractivity contribution in [1.29, 1.82) is 0 Å². The average molecular weight is 683 g/mol. The molecule has 2 aliphatic heterocycles. The molecule has 0 spiro atoms. The van der Waals surface area contributed by atoms with Crippen molar-refractivity contribution >= 4 is 5.91 Å². The molecule has 0 aliphatic carbocycles. The topological polar surface area (TPSA) is 91.3 Å². The summed E-state index contributed by atoms with van der Waals surface area (Å²) in [4.78, 5) is 14.8. The van der Waals surface area contributed by atoms with Crippen LogP contribution in [0.3, 0.4) is 0 Å². The maximum atomic E-state index is 14.2. The first kappa shape index (κ1) is 34.7. The number of aliphatic hydroxyl groups is 2. The van der Waals surface area contributed by atoms with E-state index in [-0.39, 0.29) is 38.0 Å². The van der Waals surface area contributed by atoms with E-state index < -0.39 is 46.8 Å². The molecule has 2 saturated heterocycles. The molecule has 0 aromatic heterocycles. The Kier molecular flexibility index (Phi) is 10.7. The number of amides is 1. The summed E-state index contributed by atoms with van der Waals surface area (Å²) in [7, 11) is 0. The number of carbonyl (C=O) groups is 1. The Morgan fingerprint density at radius 3 is 2.14 bits per heavy atom. The molecule has 0 unspecified atom stereocenters. The number of benzene rings is 4. The lowest BCUT2D eigenvalue weighted by Crippen LogP contribution is -2.42. The number of carbonyl (C=O) groups excluding carboxylic acids is 1. The zero-order valence-electron chi connectivity index (χ0n) is 26.4. The van der Waals surface area contributed by atoms with Gasteiger partial charge in [-0.05, 0) is 47.2 Å². The third-order valence-electron chi connectivity index (χ3n) is 9.15. The van der Waals surface area contributed by atoms with E-state index in [1.807, 2.05) is 48.5 Å². The van der Waals surface area contributed by atoms with Crippen molar-refractivity contribution in [1.82, 2.24) is 10.2 Å². The van der Waals surface area contributed by atoms with Crippen molar-refractivity contribution < 1.29 is 46.4 Å². The average Bonchev–Trinajstić information content (AvgIpc) is 3.59. The molecule has 4 aromatic rings. The Morgan fingerprint density at radius 1 is 0.816 bits per heavy atom. The van der Waals surface area contributed by atoms with Crippen LogP contribution in [0.25, 0.3) is 11.1 Å². The minimum absolute atomic E-state index is 0.0646. The molecular formula is C37H35F5N2O5. The van der Waals surface area contributed by atoms with Crippen LogP contribution in [-0.2, 0) is 22.6 Å². The first-order valence-corrected chi connectivity index (χ1v) is 16.0. The molecule has 12 heteroatoms. The second-order valence-corrected chi connectivity index (χ2v) is 12.2. The minimum atomic E-state index is -2.34. The summed E-state index contributed by atoms with van der Waals surface area (Å²) in [6, 6.07) is 22.0. The number of ether oxygens (including phenoxy) is 2. The summed E-state index contributed by atoms with van der Waals surface area (Å²) in [5, 5.41) is 21.6. The number of nitrogens with zero attached hydrogens (tertiary/aromatic N) is 1. The molecule has 7 nitrogen and oxygen atoms in total. The van der Waals surface area contributed by atoms with Crippen LogP contribution in [0.2, 0.25) is 0 Å². The van der Waals surface area contributed by atoms with Crippen LogP contribution < -0.4 is 5.32 Å². The van der Waals surface area contributed by atoms with Gasteiger partial charge in [-0.1, -0.05) is 72.8 Å². The van der Waals surface area contributed by atoms with Crippen LogP contribution in [0.15, 0.2) is 72.8 Å². The number of hydrogen-bond donors (Lipinski definition) is 3. The van der Waals surface area contributed by atoms with Crippen LogP contribution in [-0.4, -0.2) is 52.9 Å². The second-order valence-electron chi connectivity index (χ2n) is 12.2. The summed E-state index contributed by atoms with van der Waals surface area (Å²) in [6.07, 6.45) is 1.36. The zero-order chi connectivity index (χ0) is 34.7. The van der Waals surface area contributed by atoms with Crippen LogP contribution in [0.5, 0.6) is 0 Å². The molecule has 6 rings (SSSR count). The number of halogens is 5. The molecule has 3 N–H and O–H groups in total. The van der Waals surface area contributed by atoms with E-state index in [1.165, 1.54) is 0 Å². The molecule has 4 atom stereocenters. The lowest BCUT2D eigenvalue weighted by molar-refractivity contribution is -0.253. The molecule has 258 valence electrons. The molecule has 2 heterocycles. The molecule has 0 bridgehead atoms. The number of hydrogen-bond acceptors (Lipinski definition) is 6. The van der Waals surface area contributed by atoms with E-state index in [2.05, 4.69) is 10.2 Å². The third-order valence-corrected chi connectivity index (χ3v) is 9.15. The van der Waals surface area contributed by atoms with Gasteiger partial charge in [0.2, 0.25) is 5.82 Å². The molecule has 1 amide bonds. The fourth-order valence-electron chi connectivity index (χ4n) is 6.48.